The van der Waals surface area contributed by atoms with Gasteiger partial charge in [0.15, 0.2) is 0 Å². The quantitative estimate of drug-likeness (QED) is 0.498. The first-order chi connectivity index (χ1) is 10.2. The highest BCUT2D eigenvalue weighted by atomic mass is 127. The number of halogens is 2. The molecule has 1 aliphatic heterocycles. The molecule has 1 amide bonds. The second kappa shape index (κ2) is 6.74. The minimum absolute atomic E-state index is 0.126. The van der Waals surface area contributed by atoms with Gasteiger partial charge in [-0.3, -0.25) is 0 Å². The molecule has 1 atom stereocenters. The van der Waals surface area contributed by atoms with Crippen molar-refractivity contribution in [1.82, 2.24) is 14.9 Å². The van der Waals surface area contributed by atoms with E-state index in [0.29, 0.717) is 19.6 Å². The Morgan fingerprint density at radius 2 is 2.14 bits per heavy atom. The maximum Gasteiger partial charge on any atom is 0.410 e. The van der Waals surface area contributed by atoms with Gasteiger partial charge < -0.3 is 14.5 Å². The standard InChI is InChI=1S/C14H20ClIN4O2/c1-9-8-19(13(21)22-14(2,3)4)5-6-20(9)11-10(16)7-17-12(15)18-11/h7,9H,5-6,8H2,1-4H3/t9-/m0/s1. The second-order valence-electron chi connectivity index (χ2n) is 6.28. The molecule has 0 saturated carbocycles. The van der Waals surface area contributed by atoms with E-state index in [1.807, 2.05) is 20.8 Å². The van der Waals surface area contributed by atoms with Gasteiger partial charge >= 0.3 is 6.09 Å². The number of piperazine rings is 1. The summed E-state index contributed by atoms with van der Waals surface area (Å²) < 4.78 is 6.37. The topological polar surface area (TPSA) is 58.6 Å². The van der Waals surface area contributed by atoms with Gasteiger partial charge in [-0.2, -0.15) is 4.98 Å². The van der Waals surface area contributed by atoms with Gasteiger partial charge in [-0.1, -0.05) is 0 Å². The zero-order valence-corrected chi connectivity index (χ0v) is 16.1. The van der Waals surface area contributed by atoms with Crippen LogP contribution in [0.25, 0.3) is 0 Å². The molecule has 1 aromatic rings. The predicted molar refractivity (Wildman–Crippen MR) is 94.4 cm³/mol. The van der Waals surface area contributed by atoms with Crippen molar-refractivity contribution in [3.8, 4) is 0 Å². The van der Waals surface area contributed by atoms with Crippen molar-refractivity contribution in [3.63, 3.8) is 0 Å². The van der Waals surface area contributed by atoms with Crippen molar-refractivity contribution < 1.29 is 9.53 Å². The molecule has 8 heteroatoms. The molecule has 6 nitrogen and oxygen atoms in total. The first-order valence-corrected chi connectivity index (χ1v) is 8.55. The highest BCUT2D eigenvalue weighted by molar-refractivity contribution is 14.1. The molecule has 0 bridgehead atoms. The number of ether oxygens (including phenoxy) is 1. The maximum absolute atomic E-state index is 12.2. The summed E-state index contributed by atoms with van der Waals surface area (Å²) in [5.74, 6) is 0.817. The fraction of sp³-hybridized carbons (Fsp3) is 0.643. The predicted octanol–water partition coefficient (Wildman–Crippen LogP) is 3.18. The number of amides is 1. The molecule has 0 N–H and O–H groups in total. The third-order valence-electron chi connectivity index (χ3n) is 3.25. The second-order valence-corrected chi connectivity index (χ2v) is 7.78. The van der Waals surface area contributed by atoms with Crippen LogP contribution >= 0.6 is 34.2 Å². The molecule has 2 rings (SSSR count). The first kappa shape index (κ1) is 17.5. The number of hydrogen-bond acceptors (Lipinski definition) is 5. The summed E-state index contributed by atoms with van der Waals surface area (Å²) in [6.07, 6.45) is 1.44. The highest BCUT2D eigenvalue weighted by Gasteiger charge is 2.31. The molecule has 1 aromatic heterocycles. The zero-order valence-electron chi connectivity index (χ0n) is 13.1. The van der Waals surface area contributed by atoms with Crippen molar-refractivity contribution >= 4 is 46.1 Å². The van der Waals surface area contributed by atoms with Crippen LogP contribution in [0.2, 0.25) is 5.28 Å². The van der Waals surface area contributed by atoms with E-state index in [1.54, 1.807) is 11.1 Å². The largest absolute Gasteiger partial charge is 0.444 e. The Labute approximate surface area is 149 Å². The normalized spacial score (nSPS) is 19.3. The monoisotopic (exact) mass is 438 g/mol. The zero-order chi connectivity index (χ0) is 16.5. The molecule has 0 aromatic carbocycles. The van der Waals surface area contributed by atoms with Crippen LogP contribution in [-0.4, -0.2) is 52.2 Å². The molecular formula is C14H20ClIN4O2. The van der Waals surface area contributed by atoms with Crippen LogP contribution in [-0.2, 0) is 4.74 Å². The molecule has 0 aliphatic carbocycles. The van der Waals surface area contributed by atoms with Crippen molar-refractivity contribution in [1.29, 1.82) is 0 Å². The van der Waals surface area contributed by atoms with Crippen LogP contribution in [0.1, 0.15) is 27.7 Å². The van der Waals surface area contributed by atoms with Gasteiger partial charge in [0.1, 0.15) is 11.4 Å². The molecule has 122 valence electrons. The summed E-state index contributed by atoms with van der Waals surface area (Å²) in [5.41, 5.74) is -0.479. The van der Waals surface area contributed by atoms with E-state index in [9.17, 15) is 4.79 Å². The Morgan fingerprint density at radius 1 is 1.45 bits per heavy atom. The van der Waals surface area contributed by atoms with Gasteiger partial charge in [0, 0.05) is 31.9 Å². The molecule has 0 radical (unpaired) electrons. The van der Waals surface area contributed by atoms with E-state index < -0.39 is 5.60 Å². The number of hydrogen-bond donors (Lipinski definition) is 0. The summed E-state index contributed by atoms with van der Waals surface area (Å²) >= 11 is 8.09. The minimum atomic E-state index is -0.479. The number of nitrogens with zero attached hydrogens (tertiary/aromatic N) is 4. The molecule has 1 aliphatic rings. The lowest BCUT2D eigenvalue weighted by Gasteiger charge is -2.41. The van der Waals surface area contributed by atoms with Crippen molar-refractivity contribution in [3.05, 3.63) is 15.1 Å². The van der Waals surface area contributed by atoms with Crippen molar-refractivity contribution in [2.45, 2.75) is 39.3 Å². The fourth-order valence-electron chi connectivity index (χ4n) is 2.30. The number of rotatable bonds is 1. The Balaban J connectivity index is 2.07. The molecule has 1 fully saturated rings. The lowest BCUT2D eigenvalue weighted by atomic mass is 10.2. The van der Waals surface area contributed by atoms with Gasteiger partial charge in [0.05, 0.1) is 3.57 Å². The van der Waals surface area contributed by atoms with Gasteiger partial charge in [-0.05, 0) is 61.9 Å². The average Bonchev–Trinajstić information content (AvgIpc) is 2.40. The summed E-state index contributed by atoms with van der Waals surface area (Å²) in [7, 11) is 0. The van der Waals surface area contributed by atoms with E-state index >= 15 is 0 Å². The molecule has 1 saturated heterocycles. The van der Waals surface area contributed by atoms with Crippen LogP contribution in [0.5, 0.6) is 0 Å². The van der Waals surface area contributed by atoms with E-state index in [4.69, 9.17) is 16.3 Å². The lowest BCUT2D eigenvalue weighted by Crippen LogP contribution is -2.55. The third kappa shape index (κ3) is 4.34. The van der Waals surface area contributed by atoms with Crippen molar-refractivity contribution in [2.75, 3.05) is 24.5 Å². The van der Waals surface area contributed by atoms with Crippen LogP contribution in [0.4, 0.5) is 10.6 Å². The van der Waals surface area contributed by atoms with E-state index in [-0.39, 0.29) is 17.4 Å². The smallest absolute Gasteiger partial charge is 0.410 e. The van der Waals surface area contributed by atoms with Gasteiger partial charge in [-0.25, -0.2) is 9.78 Å². The maximum atomic E-state index is 12.2. The molecule has 0 spiro atoms. The SMILES string of the molecule is C[C@H]1CN(C(=O)OC(C)(C)C)CCN1c1nc(Cl)ncc1I. The molecule has 0 unspecified atom stereocenters. The summed E-state index contributed by atoms with van der Waals surface area (Å²) in [6, 6.07) is 0.126. The minimum Gasteiger partial charge on any atom is -0.444 e. The van der Waals surface area contributed by atoms with E-state index in [0.717, 1.165) is 9.39 Å². The van der Waals surface area contributed by atoms with Crippen LogP contribution in [0, 0.1) is 3.57 Å². The van der Waals surface area contributed by atoms with E-state index in [1.165, 1.54) is 0 Å². The lowest BCUT2D eigenvalue weighted by molar-refractivity contribution is 0.0218. The molecule has 2 heterocycles. The fourth-order valence-corrected chi connectivity index (χ4v) is 3.00. The van der Waals surface area contributed by atoms with Crippen LogP contribution < -0.4 is 4.90 Å². The summed E-state index contributed by atoms with van der Waals surface area (Å²) in [4.78, 5) is 24.3. The number of carbonyl (C=O) groups excluding carboxylic acids is 1. The Kier molecular flexibility index (Phi) is 5.37. The summed E-state index contributed by atoms with van der Waals surface area (Å²) in [6.45, 7) is 9.54. The third-order valence-corrected chi connectivity index (χ3v) is 4.19. The molecular weight excluding hydrogens is 419 g/mol. The highest BCUT2D eigenvalue weighted by Crippen LogP contribution is 2.25. The summed E-state index contributed by atoms with van der Waals surface area (Å²) in [5, 5.41) is 0.234. The Bertz CT molecular complexity index is 564. The Morgan fingerprint density at radius 3 is 2.73 bits per heavy atom. The Hall–Kier alpha value is -0.830. The average molecular weight is 439 g/mol. The number of anilines is 1. The molecule has 22 heavy (non-hydrogen) atoms. The number of carbonyl (C=O) groups is 1. The van der Waals surface area contributed by atoms with E-state index in [2.05, 4.69) is 44.4 Å². The van der Waals surface area contributed by atoms with Gasteiger partial charge in [-0.15, -0.1) is 0 Å². The first-order valence-electron chi connectivity index (χ1n) is 7.10. The van der Waals surface area contributed by atoms with Crippen molar-refractivity contribution in [2.24, 2.45) is 0 Å². The van der Waals surface area contributed by atoms with Gasteiger partial charge in [0.2, 0.25) is 5.28 Å². The van der Waals surface area contributed by atoms with Gasteiger partial charge in [0.25, 0.3) is 0 Å². The van der Waals surface area contributed by atoms with Crippen LogP contribution in [0.15, 0.2) is 6.20 Å². The van der Waals surface area contributed by atoms with Crippen LogP contribution in [0.3, 0.4) is 0 Å². The number of aromatic nitrogens is 2.